The Morgan fingerprint density at radius 3 is 2.89 bits per heavy atom. The van der Waals surface area contributed by atoms with Crippen LogP contribution in [0.1, 0.15) is 38.3 Å². The standard InChI is InChI=1S/C15H23NO2/c1-3-9-18-14-7-5-4-6-13(14)15(16)12-8-10-17-11(12)2/h4-7,11-12,15H,3,8-10,16H2,1-2H3. The molecule has 1 aliphatic heterocycles. The van der Waals surface area contributed by atoms with Gasteiger partial charge < -0.3 is 15.2 Å². The minimum absolute atomic E-state index is 0.00411. The van der Waals surface area contributed by atoms with Crippen LogP contribution < -0.4 is 10.5 Å². The molecule has 1 saturated heterocycles. The number of rotatable bonds is 5. The summed E-state index contributed by atoms with van der Waals surface area (Å²) >= 11 is 0. The van der Waals surface area contributed by atoms with Crippen LogP contribution in [0.25, 0.3) is 0 Å². The average molecular weight is 249 g/mol. The van der Waals surface area contributed by atoms with E-state index in [9.17, 15) is 0 Å². The van der Waals surface area contributed by atoms with Crippen molar-refractivity contribution >= 4 is 0 Å². The van der Waals surface area contributed by atoms with Gasteiger partial charge in [-0.3, -0.25) is 0 Å². The van der Waals surface area contributed by atoms with Crippen molar-refractivity contribution in [2.24, 2.45) is 11.7 Å². The number of nitrogens with two attached hydrogens (primary N) is 1. The highest BCUT2D eigenvalue weighted by Gasteiger charge is 2.31. The van der Waals surface area contributed by atoms with Crippen molar-refractivity contribution in [3.63, 3.8) is 0 Å². The van der Waals surface area contributed by atoms with Crippen molar-refractivity contribution in [1.82, 2.24) is 0 Å². The van der Waals surface area contributed by atoms with Crippen LogP contribution in [-0.2, 0) is 4.74 Å². The maximum atomic E-state index is 6.40. The van der Waals surface area contributed by atoms with E-state index in [1.54, 1.807) is 0 Å². The molecule has 3 nitrogen and oxygen atoms in total. The maximum absolute atomic E-state index is 6.40. The van der Waals surface area contributed by atoms with E-state index in [1.807, 2.05) is 18.2 Å². The second-order valence-electron chi connectivity index (χ2n) is 4.94. The summed E-state index contributed by atoms with van der Waals surface area (Å²) in [4.78, 5) is 0. The van der Waals surface area contributed by atoms with Crippen LogP contribution in [0, 0.1) is 5.92 Å². The first-order chi connectivity index (χ1) is 8.74. The molecule has 0 radical (unpaired) electrons. The van der Waals surface area contributed by atoms with E-state index < -0.39 is 0 Å². The summed E-state index contributed by atoms with van der Waals surface area (Å²) in [5.74, 6) is 1.31. The Morgan fingerprint density at radius 1 is 1.44 bits per heavy atom. The van der Waals surface area contributed by atoms with Crippen LogP contribution in [-0.4, -0.2) is 19.3 Å². The summed E-state index contributed by atoms with van der Waals surface area (Å²) < 4.78 is 11.4. The Morgan fingerprint density at radius 2 is 2.22 bits per heavy atom. The van der Waals surface area contributed by atoms with Crippen molar-refractivity contribution in [2.75, 3.05) is 13.2 Å². The zero-order chi connectivity index (χ0) is 13.0. The first-order valence-electron chi connectivity index (χ1n) is 6.83. The minimum atomic E-state index is -0.00411. The first kappa shape index (κ1) is 13.4. The topological polar surface area (TPSA) is 44.5 Å². The van der Waals surface area contributed by atoms with Crippen LogP contribution in [0.15, 0.2) is 24.3 Å². The Bertz CT molecular complexity index is 381. The Kier molecular flexibility index (Phi) is 4.61. The SMILES string of the molecule is CCCOc1ccccc1C(N)C1CCOC1C. The van der Waals surface area contributed by atoms with Gasteiger partial charge >= 0.3 is 0 Å². The predicted octanol–water partition coefficient (Wildman–Crippen LogP) is 2.90. The monoisotopic (exact) mass is 249 g/mol. The van der Waals surface area contributed by atoms with Gasteiger partial charge in [-0.25, -0.2) is 0 Å². The van der Waals surface area contributed by atoms with Gasteiger partial charge in [0, 0.05) is 24.1 Å². The third-order valence-corrected chi connectivity index (χ3v) is 3.64. The number of hydrogen-bond donors (Lipinski definition) is 1. The fourth-order valence-corrected chi connectivity index (χ4v) is 2.55. The van der Waals surface area contributed by atoms with Gasteiger partial charge in [0.15, 0.2) is 0 Å². The molecule has 0 aromatic heterocycles. The fourth-order valence-electron chi connectivity index (χ4n) is 2.55. The molecule has 0 spiro atoms. The van der Waals surface area contributed by atoms with Crippen molar-refractivity contribution in [3.05, 3.63) is 29.8 Å². The smallest absolute Gasteiger partial charge is 0.124 e. The quantitative estimate of drug-likeness (QED) is 0.872. The van der Waals surface area contributed by atoms with Crippen molar-refractivity contribution in [2.45, 2.75) is 38.8 Å². The molecule has 0 amide bonds. The third kappa shape index (κ3) is 2.85. The highest BCUT2D eigenvalue weighted by atomic mass is 16.5. The predicted molar refractivity (Wildman–Crippen MR) is 72.7 cm³/mol. The number of hydrogen-bond acceptors (Lipinski definition) is 3. The maximum Gasteiger partial charge on any atom is 0.124 e. The molecule has 2 N–H and O–H groups in total. The molecule has 2 rings (SSSR count). The fraction of sp³-hybridized carbons (Fsp3) is 0.600. The van der Waals surface area contributed by atoms with E-state index >= 15 is 0 Å². The Labute approximate surface area is 109 Å². The molecule has 3 unspecified atom stereocenters. The molecule has 1 heterocycles. The molecule has 0 saturated carbocycles. The lowest BCUT2D eigenvalue weighted by Gasteiger charge is -2.24. The molecule has 18 heavy (non-hydrogen) atoms. The zero-order valence-electron chi connectivity index (χ0n) is 11.3. The van der Waals surface area contributed by atoms with Gasteiger partial charge in [0.1, 0.15) is 5.75 Å². The molecule has 0 aliphatic carbocycles. The number of benzene rings is 1. The second kappa shape index (κ2) is 6.21. The van der Waals surface area contributed by atoms with Crippen molar-refractivity contribution < 1.29 is 9.47 Å². The largest absolute Gasteiger partial charge is 0.493 e. The first-order valence-corrected chi connectivity index (χ1v) is 6.83. The van der Waals surface area contributed by atoms with Crippen LogP contribution in [0.3, 0.4) is 0 Å². The van der Waals surface area contributed by atoms with Gasteiger partial charge in [0.25, 0.3) is 0 Å². The third-order valence-electron chi connectivity index (χ3n) is 3.64. The van der Waals surface area contributed by atoms with Crippen LogP contribution in [0.5, 0.6) is 5.75 Å². The average Bonchev–Trinajstić information content (AvgIpc) is 2.82. The van der Waals surface area contributed by atoms with E-state index in [1.165, 1.54) is 0 Å². The molecule has 1 aromatic rings. The van der Waals surface area contributed by atoms with E-state index in [0.29, 0.717) is 5.92 Å². The highest BCUT2D eigenvalue weighted by Crippen LogP contribution is 2.35. The van der Waals surface area contributed by atoms with Crippen LogP contribution >= 0.6 is 0 Å². The van der Waals surface area contributed by atoms with Crippen LogP contribution in [0.4, 0.5) is 0 Å². The molecular formula is C15H23NO2. The molecule has 0 bridgehead atoms. The summed E-state index contributed by atoms with van der Waals surface area (Å²) in [7, 11) is 0. The van der Waals surface area contributed by atoms with E-state index in [0.717, 1.165) is 37.4 Å². The highest BCUT2D eigenvalue weighted by molar-refractivity contribution is 5.36. The molecule has 1 aromatic carbocycles. The van der Waals surface area contributed by atoms with Gasteiger partial charge in [-0.2, -0.15) is 0 Å². The Balaban J connectivity index is 2.15. The summed E-state index contributed by atoms with van der Waals surface area (Å²) in [6, 6.07) is 8.09. The molecular weight excluding hydrogens is 226 g/mol. The lowest BCUT2D eigenvalue weighted by atomic mass is 9.88. The lowest BCUT2D eigenvalue weighted by Crippen LogP contribution is -2.27. The lowest BCUT2D eigenvalue weighted by molar-refractivity contribution is 0.0991. The Hall–Kier alpha value is -1.06. The zero-order valence-corrected chi connectivity index (χ0v) is 11.3. The van der Waals surface area contributed by atoms with Crippen molar-refractivity contribution in [3.8, 4) is 5.75 Å². The normalized spacial score (nSPS) is 25.1. The van der Waals surface area contributed by atoms with E-state index in [2.05, 4.69) is 19.9 Å². The summed E-state index contributed by atoms with van der Waals surface area (Å²) in [6.07, 6.45) is 2.27. The van der Waals surface area contributed by atoms with Crippen molar-refractivity contribution in [1.29, 1.82) is 0 Å². The summed E-state index contributed by atoms with van der Waals surface area (Å²) in [5.41, 5.74) is 7.51. The molecule has 3 heteroatoms. The minimum Gasteiger partial charge on any atom is -0.493 e. The van der Waals surface area contributed by atoms with E-state index in [-0.39, 0.29) is 12.1 Å². The van der Waals surface area contributed by atoms with E-state index in [4.69, 9.17) is 15.2 Å². The van der Waals surface area contributed by atoms with Gasteiger partial charge in [-0.15, -0.1) is 0 Å². The second-order valence-corrected chi connectivity index (χ2v) is 4.94. The summed E-state index contributed by atoms with van der Waals surface area (Å²) in [6.45, 7) is 5.76. The number of para-hydroxylation sites is 1. The van der Waals surface area contributed by atoms with Gasteiger partial charge in [0.05, 0.1) is 12.7 Å². The number of ether oxygens (including phenoxy) is 2. The van der Waals surface area contributed by atoms with Gasteiger partial charge in [-0.1, -0.05) is 25.1 Å². The van der Waals surface area contributed by atoms with Gasteiger partial charge in [0.2, 0.25) is 0 Å². The molecule has 1 aliphatic rings. The summed E-state index contributed by atoms with van der Waals surface area (Å²) in [5, 5.41) is 0. The van der Waals surface area contributed by atoms with Gasteiger partial charge in [-0.05, 0) is 25.8 Å². The van der Waals surface area contributed by atoms with Crippen LogP contribution in [0.2, 0.25) is 0 Å². The molecule has 3 atom stereocenters. The molecule has 1 fully saturated rings. The molecule has 100 valence electrons.